The minimum Gasteiger partial charge on any atom is -0.383 e. The van der Waals surface area contributed by atoms with Gasteiger partial charge in [-0.2, -0.15) is 9.89 Å². The van der Waals surface area contributed by atoms with E-state index < -0.39 is 32.3 Å². The van der Waals surface area contributed by atoms with E-state index >= 15 is 0 Å². The highest BCUT2D eigenvalue weighted by Crippen LogP contribution is 2.30. The maximum Gasteiger partial charge on any atom is 0.273 e. The van der Waals surface area contributed by atoms with E-state index in [0.717, 1.165) is 30.9 Å². The van der Waals surface area contributed by atoms with Crippen molar-refractivity contribution in [3.05, 3.63) is 78.0 Å². The van der Waals surface area contributed by atoms with Crippen molar-refractivity contribution in [3.63, 3.8) is 0 Å². The number of para-hydroxylation sites is 1. The molecule has 14 heteroatoms. The number of benzene rings is 3. The number of sulfone groups is 1. The molecule has 0 radical (unpaired) electrons. The Bertz CT molecular complexity index is 1690. The highest BCUT2D eigenvalue weighted by atomic mass is 32.2. The van der Waals surface area contributed by atoms with Gasteiger partial charge in [0, 0.05) is 45.2 Å². The summed E-state index contributed by atoms with van der Waals surface area (Å²) in [7, 11) is 3.28. The van der Waals surface area contributed by atoms with Crippen molar-refractivity contribution in [1.29, 1.82) is 0 Å². The normalized spacial score (nSPS) is 11.7. The van der Waals surface area contributed by atoms with E-state index in [1.54, 1.807) is 19.2 Å². The Morgan fingerprint density at radius 3 is 2.45 bits per heavy atom. The molecular formula is C30H36F2N6O5S. The van der Waals surface area contributed by atoms with Crippen LogP contribution in [0.3, 0.4) is 0 Å². The number of rotatable bonds is 15. The van der Waals surface area contributed by atoms with E-state index in [0.29, 0.717) is 47.8 Å². The molecule has 44 heavy (non-hydrogen) atoms. The third-order valence-corrected chi connectivity index (χ3v) is 8.48. The van der Waals surface area contributed by atoms with E-state index in [4.69, 9.17) is 9.47 Å². The average Bonchev–Trinajstić information content (AvgIpc) is 3.38. The number of nitrogens with one attached hydrogen (secondary N) is 2. The summed E-state index contributed by atoms with van der Waals surface area (Å²) in [6, 6.07) is 11.7. The second kappa shape index (κ2) is 14.6. The Kier molecular flexibility index (Phi) is 10.9. The first-order valence-electron chi connectivity index (χ1n) is 13.8. The van der Waals surface area contributed by atoms with Crippen LogP contribution in [0.25, 0.3) is 10.9 Å². The number of halogens is 2. The molecule has 0 saturated carbocycles. The number of anilines is 2. The van der Waals surface area contributed by atoms with Crippen LogP contribution in [-0.4, -0.2) is 90.4 Å². The Morgan fingerprint density at radius 1 is 1.00 bits per heavy atom. The number of hydrogen-bond donors (Lipinski definition) is 2. The maximum absolute atomic E-state index is 13.7. The van der Waals surface area contributed by atoms with Crippen LogP contribution < -0.4 is 15.6 Å². The number of carbonyl (C=O) groups is 1. The van der Waals surface area contributed by atoms with Gasteiger partial charge in [0.25, 0.3) is 5.91 Å². The Labute approximate surface area is 255 Å². The molecule has 4 aromatic rings. The summed E-state index contributed by atoms with van der Waals surface area (Å²) in [5.41, 5.74) is 5.06. The molecule has 0 saturated heterocycles. The van der Waals surface area contributed by atoms with Crippen LogP contribution in [0.4, 0.5) is 20.2 Å². The summed E-state index contributed by atoms with van der Waals surface area (Å²) in [4.78, 5) is 18.3. The van der Waals surface area contributed by atoms with Crippen molar-refractivity contribution >= 4 is 38.0 Å². The monoisotopic (exact) mass is 630 g/mol. The van der Waals surface area contributed by atoms with Crippen molar-refractivity contribution in [2.24, 2.45) is 0 Å². The van der Waals surface area contributed by atoms with E-state index in [1.807, 2.05) is 27.2 Å². The van der Waals surface area contributed by atoms with Crippen molar-refractivity contribution in [2.45, 2.75) is 16.2 Å². The summed E-state index contributed by atoms with van der Waals surface area (Å²) in [6.45, 7) is 2.75. The number of aromatic nitrogens is 2. The highest BCUT2D eigenvalue weighted by Gasteiger charge is 2.22. The summed E-state index contributed by atoms with van der Waals surface area (Å²) < 4.78 is 63.8. The van der Waals surface area contributed by atoms with Crippen LogP contribution in [0.1, 0.15) is 16.8 Å². The SMILES string of the molecule is COCOCCCNc1c(C(=O)Nn2ncc3cc(S(=O)(=O)c4cc(F)cc(F)c4)ccc32)cccc1N(C)CCN(C)C. The van der Waals surface area contributed by atoms with Crippen molar-refractivity contribution in [3.8, 4) is 0 Å². The summed E-state index contributed by atoms with van der Waals surface area (Å²) in [6.07, 6.45) is 2.07. The lowest BCUT2D eigenvalue weighted by atomic mass is 10.1. The number of hydrogen-bond acceptors (Lipinski definition) is 9. The molecule has 236 valence electrons. The van der Waals surface area contributed by atoms with Gasteiger partial charge in [-0.25, -0.2) is 22.6 Å². The van der Waals surface area contributed by atoms with Crippen molar-refractivity contribution < 1.29 is 31.5 Å². The first kappa shape index (κ1) is 32.8. The van der Waals surface area contributed by atoms with Gasteiger partial charge in [-0.05, 0) is 63.0 Å². The second-order valence-electron chi connectivity index (χ2n) is 10.3. The minimum absolute atomic E-state index is 0.171. The van der Waals surface area contributed by atoms with Crippen molar-refractivity contribution in [2.75, 3.05) is 76.9 Å². The minimum atomic E-state index is -4.21. The van der Waals surface area contributed by atoms with Crippen LogP contribution >= 0.6 is 0 Å². The second-order valence-corrected chi connectivity index (χ2v) is 12.3. The Balaban J connectivity index is 1.59. The fourth-order valence-corrected chi connectivity index (χ4v) is 5.81. The fraction of sp³-hybridized carbons (Fsp3) is 0.333. The average molecular weight is 631 g/mol. The molecule has 4 rings (SSSR count). The first-order valence-corrected chi connectivity index (χ1v) is 15.3. The summed E-state index contributed by atoms with van der Waals surface area (Å²) in [5.74, 6) is -2.44. The Morgan fingerprint density at radius 2 is 1.75 bits per heavy atom. The zero-order chi connectivity index (χ0) is 31.9. The molecule has 0 bridgehead atoms. The number of ether oxygens (including phenoxy) is 2. The van der Waals surface area contributed by atoms with Gasteiger partial charge in [-0.1, -0.05) is 6.07 Å². The number of likely N-dealkylation sites (N-methyl/N-ethyl adjacent to an activating group) is 2. The van der Waals surface area contributed by atoms with E-state index in [2.05, 4.69) is 25.6 Å². The predicted octanol–water partition coefficient (Wildman–Crippen LogP) is 3.95. The molecule has 0 aliphatic rings. The van der Waals surface area contributed by atoms with Crippen LogP contribution in [0.5, 0.6) is 0 Å². The zero-order valence-corrected chi connectivity index (χ0v) is 25.8. The molecule has 11 nitrogen and oxygen atoms in total. The Hall–Kier alpha value is -4.11. The third kappa shape index (κ3) is 7.88. The molecule has 1 heterocycles. The van der Waals surface area contributed by atoms with Gasteiger partial charge in [-0.3, -0.25) is 4.79 Å². The molecule has 0 unspecified atom stereocenters. The molecule has 1 amide bonds. The molecule has 2 N–H and O–H groups in total. The van der Waals surface area contributed by atoms with Crippen LogP contribution in [-0.2, 0) is 19.3 Å². The molecule has 1 aromatic heterocycles. The van der Waals surface area contributed by atoms with Gasteiger partial charge in [0.15, 0.2) is 0 Å². The van der Waals surface area contributed by atoms with Gasteiger partial charge < -0.3 is 24.6 Å². The van der Waals surface area contributed by atoms with E-state index in [-0.39, 0.29) is 11.7 Å². The number of fused-ring (bicyclic) bond motifs is 1. The lowest BCUT2D eigenvalue weighted by Crippen LogP contribution is -2.30. The molecule has 0 fully saturated rings. The lowest BCUT2D eigenvalue weighted by molar-refractivity contribution is -0.0303. The van der Waals surface area contributed by atoms with E-state index in [9.17, 15) is 22.0 Å². The molecule has 3 aromatic carbocycles. The highest BCUT2D eigenvalue weighted by molar-refractivity contribution is 7.91. The maximum atomic E-state index is 13.7. The largest absolute Gasteiger partial charge is 0.383 e. The molecular weight excluding hydrogens is 594 g/mol. The van der Waals surface area contributed by atoms with Crippen LogP contribution in [0.2, 0.25) is 0 Å². The molecule has 0 spiro atoms. The van der Waals surface area contributed by atoms with Crippen molar-refractivity contribution in [1.82, 2.24) is 14.8 Å². The quantitative estimate of drug-likeness (QED) is 0.149. The van der Waals surface area contributed by atoms with Gasteiger partial charge in [0.05, 0.1) is 45.0 Å². The van der Waals surface area contributed by atoms with Gasteiger partial charge in [0.2, 0.25) is 9.84 Å². The predicted molar refractivity (Wildman–Crippen MR) is 164 cm³/mol. The number of carbonyl (C=O) groups excluding carboxylic acids is 1. The number of amides is 1. The van der Waals surface area contributed by atoms with Crippen LogP contribution in [0, 0.1) is 11.6 Å². The fourth-order valence-electron chi connectivity index (χ4n) is 4.48. The summed E-state index contributed by atoms with van der Waals surface area (Å²) >= 11 is 0. The lowest BCUT2D eigenvalue weighted by Gasteiger charge is -2.26. The van der Waals surface area contributed by atoms with Gasteiger partial charge in [0.1, 0.15) is 18.4 Å². The van der Waals surface area contributed by atoms with Crippen LogP contribution in [0.15, 0.2) is 70.6 Å². The molecule has 0 aliphatic carbocycles. The zero-order valence-electron chi connectivity index (χ0n) is 25.0. The standard InChI is InChI=1S/C30H36F2N6O5S/c1-36(2)12-13-37(3)28-8-5-7-26(29(28)33-11-6-14-43-20-42-4)30(39)35-38-27-10-9-24(15-21(27)19-34-38)44(40,41)25-17-22(31)16-23(32)18-25/h5,7-10,15-19,33H,6,11-14,20H2,1-4H3,(H,35,39). The van der Waals surface area contributed by atoms with Gasteiger partial charge >= 0.3 is 0 Å². The smallest absolute Gasteiger partial charge is 0.273 e. The third-order valence-electron chi connectivity index (χ3n) is 6.75. The molecule has 0 atom stereocenters. The number of nitrogens with zero attached hydrogens (tertiary/aromatic N) is 4. The molecule has 0 aliphatic heterocycles. The van der Waals surface area contributed by atoms with E-state index in [1.165, 1.54) is 29.2 Å². The topological polar surface area (TPSA) is 118 Å². The van der Waals surface area contributed by atoms with Gasteiger partial charge in [-0.15, -0.1) is 0 Å². The number of methoxy groups -OCH3 is 1. The summed E-state index contributed by atoms with van der Waals surface area (Å²) in [5, 5.41) is 8.01. The first-order chi connectivity index (χ1) is 21.0.